The third-order valence-electron chi connectivity index (χ3n) is 8.10. The van der Waals surface area contributed by atoms with Crippen LogP contribution in [0.3, 0.4) is 0 Å². The first-order chi connectivity index (χ1) is 20.2. The minimum atomic E-state index is -0.325. The Morgan fingerprint density at radius 1 is 0.976 bits per heavy atom. The van der Waals surface area contributed by atoms with E-state index in [1.54, 1.807) is 18.2 Å². The fraction of sp³-hybridized carbons (Fsp3) is 0.333. The number of aromatic amines is 1. The second-order valence-corrected chi connectivity index (χ2v) is 12.2. The molecule has 0 unspecified atom stereocenters. The smallest absolute Gasteiger partial charge is 0.224 e. The minimum absolute atomic E-state index is 0.0478. The maximum Gasteiger partial charge on any atom is 0.224 e. The second kappa shape index (κ2) is 13.3. The number of piperidine rings is 1. The number of nitrogens with one attached hydrogen (secondary N) is 3. The number of likely N-dealkylation sites (tertiary alicyclic amines) is 1. The Balaban J connectivity index is 1.16. The number of carbonyl (C=O) groups is 2. The van der Waals surface area contributed by atoms with Crippen molar-refractivity contribution in [2.45, 2.75) is 50.6 Å². The van der Waals surface area contributed by atoms with Crippen molar-refractivity contribution in [2.75, 3.05) is 19.6 Å². The first-order valence-electron chi connectivity index (χ1n) is 14.2. The van der Waals surface area contributed by atoms with Gasteiger partial charge in [-0.05, 0) is 73.2 Å². The number of rotatable bonds is 10. The van der Waals surface area contributed by atoms with Crippen molar-refractivity contribution in [3.05, 3.63) is 105 Å². The van der Waals surface area contributed by atoms with Crippen molar-refractivity contribution in [1.82, 2.24) is 20.5 Å². The lowest BCUT2D eigenvalue weighted by Crippen LogP contribution is -2.54. The van der Waals surface area contributed by atoms with Crippen LogP contribution in [0, 0.1) is 5.82 Å². The van der Waals surface area contributed by atoms with Gasteiger partial charge in [0.25, 0.3) is 0 Å². The molecule has 220 valence electrons. The van der Waals surface area contributed by atoms with Gasteiger partial charge in [0.1, 0.15) is 5.82 Å². The summed E-state index contributed by atoms with van der Waals surface area (Å²) in [5.74, 6) is -0.480. The standard InChI is InChI=1S/C33H35Cl2FN4O2/c1-33(39-32(42)18-22-9-10-27(34)28(35)17-22)12-15-40(16-13-33)14-11-29(23-5-4-6-25(36)19-23)38-31(41)20-24-21-37-30-8-3-2-7-26(24)30/h2-10,17,19,21,29,37H,11-16,18,20H2,1H3,(H,38,41)(H,39,42)/t29-/m0/s1. The largest absolute Gasteiger partial charge is 0.361 e. The molecule has 9 heteroatoms. The summed E-state index contributed by atoms with van der Waals surface area (Å²) in [6.07, 6.45) is 4.60. The zero-order valence-corrected chi connectivity index (χ0v) is 25.1. The molecule has 42 heavy (non-hydrogen) atoms. The van der Waals surface area contributed by atoms with Crippen LogP contribution < -0.4 is 10.6 Å². The molecule has 1 atom stereocenters. The number of para-hydroxylation sites is 1. The molecule has 1 aromatic heterocycles. The summed E-state index contributed by atoms with van der Waals surface area (Å²) in [7, 11) is 0. The minimum Gasteiger partial charge on any atom is -0.361 e. The number of hydrogen-bond acceptors (Lipinski definition) is 3. The van der Waals surface area contributed by atoms with E-state index < -0.39 is 0 Å². The molecule has 3 aromatic carbocycles. The van der Waals surface area contributed by atoms with E-state index in [0.29, 0.717) is 16.5 Å². The van der Waals surface area contributed by atoms with E-state index in [0.717, 1.165) is 60.1 Å². The highest BCUT2D eigenvalue weighted by atomic mass is 35.5. The summed E-state index contributed by atoms with van der Waals surface area (Å²) in [4.78, 5) is 31.5. The molecule has 1 aliphatic heterocycles. The average molecular weight is 610 g/mol. The number of aromatic nitrogens is 1. The van der Waals surface area contributed by atoms with Gasteiger partial charge >= 0.3 is 0 Å². The summed E-state index contributed by atoms with van der Waals surface area (Å²) in [6.45, 7) is 4.44. The van der Waals surface area contributed by atoms with Gasteiger partial charge in [-0.2, -0.15) is 0 Å². The van der Waals surface area contributed by atoms with Crippen LogP contribution in [-0.2, 0) is 22.4 Å². The van der Waals surface area contributed by atoms with Crippen LogP contribution in [0.25, 0.3) is 10.9 Å². The van der Waals surface area contributed by atoms with Crippen LogP contribution >= 0.6 is 23.2 Å². The predicted molar refractivity (Wildman–Crippen MR) is 166 cm³/mol. The number of hydrogen-bond donors (Lipinski definition) is 3. The zero-order valence-electron chi connectivity index (χ0n) is 23.6. The van der Waals surface area contributed by atoms with Gasteiger partial charge < -0.3 is 20.5 Å². The van der Waals surface area contributed by atoms with Crippen LogP contribution in [0.5, 0.6) is 0 Å². The third kappa shape index (κ3) is 7.71. The normalized spacial score (nSPS) is 15.8. The highest BCUT2D eigenvalue weighted by molar-refractivity contribution is 6.42. The SMILES string of the molecule is CC1(NC(=O)Cc2ccc(Cl)c(Cl)c2)CCN(CC[C@H](NC(=O)Cc2c[nH]c3ccccc23)c2cccc(F)c2)CC1. The van der Waals surface area contributed by atoms with Gasteiger partial charge in [0.05, 0.1) is 28.9 Å². The lowest BCUT2D eigenvalue weighted by Gasteiger charge is -2.40. The number of H-pyrrole nitrogens is 1. The Hall–Kier alpha value is -3.39. The molecular formula is C33H35Cl2FN4O2. The first-order valence-corrected chi connectivity index (χ1v) is 15.0. The molecule has 2 amide bonds. The fourth-order valence-electron chi connectivity index (χ4n) is 5.66. The number of halogens is 3. The third-order valence-corrected chi connectivity index (χ3v) is 8.83. The molecule has 5 rings (SSSR count). The van der Waals surface area contributed by atoms with Crippen LogP contribution in [0.1, 0.15) is 48.9 Å². The van der Waals surface area contributed by atoms with Crippen LogP contribution in [-0.4, -0.2) is 46.9 Å². The van der Waals surface area contributed by atoms with Crippen molar-refractivity contribution < 1.29 is 14.0 Å². The van der Waals surface area contributed by atoms with Crippen molar-refractivity contribution in [1.29, 1.82) is 0 Å². The van der Waals surface area contributed by atoms with Crippen LogP contribution in [0.4, 0.5) is 4.39 Å². The van der Waals surface area contributed by atoms with Crippen molar-refractivity contribution in [3.63, 3.8) is 0 Å². The summed E-state index contributed by atoms with van der Waals surface area (Å²) in [5, 5.41) is 8.29. The van der Waals surface area contributed by atoms with Gasteiger partial charge in [-0.15, -0.1) is 0 Å². The lowest BCUT2D eigenvalue weighted by atomic mass is 9.89. The Morgan fingerprint density at radius 3 is 2.52 bits per heavy atom. The first kappa shape index (κ1) is 30.1. The molecule has 1 fully saturated rings. The van der Waals surface area contributed by atoms with Gasteiger partial charge in [0.15, 0.2) is 0 Å². The zero-order chi connectivity index (χ0) is 29.7. The van der Waals surface area contributed by atoms with E-state index in [9.17, 15) is 14.0 Å². The molecule has 0 bridgehead atoms. The average Bonchev–Trinajstić information content (AvgIpc) is 3.36. The van der Waals surface area contributed by atoms with E-state index in [-0.39, 0.29) is 42.1 Å². The maximum absolute atomic E-state index is 14.1. The second-order valence-electron chi connectivity index (χ2n) is 11.4. The Labute approximate surface area is 255 Å². The topological polar surface area (TPSA) is 77.2 Å². The highest BCUT2D eigenvalue weighted by Crippen LogP contribution is 2.26. The summed E-state index contributed by atoms with van der Waals surface area (Å²) < 4.78 is 14.1. The highest BCUT2D eigenvalue weighted by Gasteiger charge is 2.31. The Morgan fingerprint density at radius 2 is 1.76 bits per heavy atom. The lowest BCUT2D eigenvalue weighted by molar-refractivity contribution is -0.123. The fourth-order valence-corrected chi connectivity index (χ4v) is 5.99. The Kier molecular flexibility index (Phi) is 9.51. The molecule has 2 heterocycles. The summed E-state index contributed by atoms with van der Waals surface area (Å²) >= 11 is 12.1. The molecule has 0 spiro atoms. The predicted octanol–water partition coefficient (Wildman–Crippen LogP) is 6.62. The summed E-state index contributed by atoms with van der Waals surface area (Å²) in [5.41, 5.74) is 3.18. The number of carbonyl (C=O) groups excluding carboxylic acids is 2. The van der Waals surface area contributed by atoms with Crippen LogP contribution in [0.15, 0.2) is 72.9 Å². The van der Waals surface area contributed by atoms with Gasteiger partial charge in [0.2, 0.25) is 11.8 Å². The van der Waals surface area contributed by atoms with Crippen LogP contribution in [0.2, 0.25) is 10.0 Å². The van der Waals surface area contributed by atoms with Gasteiger partial charge in [-0.3, -0.25) is 9.59 Å². The van der Waals surface area contributed by atoms with Gasteiger partial charge in [-0.25, -0.2) is 4.39 Å². The maximum atomic E-state index is 14.1. The number of amides is 2. The van der Waals surface area contributed by atoms with Crippen molar-refractivity contribution in [2.24, 2.45) is 0 Å². The molecule has 0 saturated carbocycles. The quantitative estimate of drug-likeness (QED) is 0.189. The summed E-state index contributed by atoms with van der Waals surface area (Å²) in [6, 6.07) is 19.3. The van der Waals surface area contributed by atoms with Gasteiger partial charge in [0, 0.05) is 42.3 Å². The molecular weight excluding hydrogens is 574 g/mol. The van der Waals surface area contributed by atoms with E-state index >= 15 is 0 Å². The monoisotopic (exact) mass is 608 g/mol. The van der Waals surface area contributed by atoms with E-state index in [1.165, 1.54) is 12.1 Å². The molecule has 0 aliphatic carbocycles. The molecule has 6 nitrogen and oxygen atoms in total. The van der Waals surface area contributed by atoms with Crippen molar-refractivity contribution in [3.8, 4) is 0 Å². The van der Waals surface area contributed by atoms with E-state index in [1.807, 2.05) is 42.6 Å². The van der Waals surface area contributed by atoms with E-state index in [4.69, 9.17) is 23.2 Å². The van der Waals surface area contributed by atoms with Gasteiger partial charge in [-0.1, -0.05) is 59.6 Å². The number of benzene rings is 3. The molecule has 0 radical (unpaired) electrons. The van der Waals surface area contributed by atoms with Crippen molar-refractivity contribution >= 4 is 45.9 Å². The molecule has 1 saturated heterocycles. The molecule has 1 aliphatic rings. The number of fused-ring (bicyclic) bond motifs is 1. The Bertz CT molecular complexity index is 1560. The molecule has 4 aromatic rings. The molecule has 3 N–H and O–H groups in total. The van der Waals surface area contributed by atoms with E-state index in [2.05, 4.69) is 27.4 Å². The number of nitrogens with zero attached hydrogens (tertiary/aromatic N) is 1.